The Labute approximate surface area is 195 Å². The molecule has 4 nitrogen and oxygen atoms in total. The number of amides is 1. The van der Waals surface area contributed by atoms with Crippen LogP contribution in [0.1, 0.15) is 10.4 Å². The normalized spacial score (nSPS) is 12.2. The summed E-state index contributed by atoms with van der Waals surface area (Å²) in [6.07, 6.45) is -1.12. The van der Waals surface area contributed by atoms with Crippen molar-refractivity contribution in [2.75, 3.05) is 5.32 Å². The van der Waals surface area contributed by atoms with E-state index >= 15 is 0 Å². The monoisotopic (exact) mass is 547 g/mol. The molecule has 11 heteroatoms. The lowest BCUT2D eigenvalue weighted by Crippen LogP contribution is -2.56. The van der Waals surface area contributed by atoms with Gasteiger partial charge in [-0.05, 0) is 48.6 Å². The minimum absolute atomic E-state index is 0.0741. The largest absolute Gasteiger partial charge is 0.339 e. The van der Waals surface area contributed by atoms with Crippen LogP contribution in [0.4, 0.5) is 5.69 Å². The molecule has 0 heterocycles. The Morgan fingerprint density at radius 1 is 1.07 bits per heavy atom. The van der Waals surface area contributed by atoms with Gasteiger partial charge >= 0.3 is 0 Å². The molecule has 0 spiro atoms. The van der Waals surface area contributed by atoms with Crippen LogP contribution in [-0.4, -0.2) is 21.0 Å². The van der Waals surface area contributed by atoms with Crippen molar-refractivity contribution < 1.29 is 4.79 Å². The fourth-order valence-electron chi connectivity index (χ4n) is 1.93. The number of carbonyl (C=O) groups excluding carboxylic acids is 1. The average Bonchev–Trinajstić information content (AvgIpc) is 2.56. The molecule has 0 aliphatic heterocycles. The van der Waals surface area contributed by atoms with Gasteiger partial charge in [-0.25, -0.2) is 0 Å². The molecule has 0 unspecified atom stereocenters. The Morgan fingerprint density at radius 2 is 1.78 bits per heavy atom. The van der Waals surface area contributed by atoms with Crippen molar-refractivity contribution in [2.24, 2.45) is 0 Å². The second-order valence-corrected chi connectivity index (χ2v) is 9.72. The number of thiocarbonyl (C=S) groups is 1. The molecule has 0 aromatic heterocycles. The number of halogens is 6. The Morgan fingerprint density at radius 3 is 2.41 bits per heavy atom. The molecular formula is C16H11BrCl5N3OS. The van der Waals surface area contributed by atoms with Crippen LogP contribution in [-0.2, 0) is 0 Å². The van der Waals surface area contributed by atoms with Crippen LogP contribution in [0.3, 0.4) is 0 Å². The van der Waals surface area contributed by atoms with Crippen molar-refractivity contribution in [3.8, 4) is 0 Å². The van der Waals surface area contributed by atoms with E-state index in [9.17, 15) is 4.79 Å². The molecular weight excluding hydrogens is 539 g/mol. The molecule has 2 rings (SSSR count). The maximum absolute atomic E-state index is 12.4. The van der Waals surface area contributed by atoms with Gasteiger partial charge in [-0.1, -0.05) is 80.0 Å². The van der Waals surface area contributed by atoms with Crippen LogP contribution in [0.5, 0.6) is 0 Å². The highest BCUT2D eigenvalue weighted by molar-refractivity contribution is 9.10. The highest BCUT2D eigenvalue weighted by Crippen LogP contribution is 2.30. The van der Waals surface area contributed by atoms with Gasteiger partial charge in [0.25, 0.3) is 5.91 Å². The average molecular weight is 551 g/mol. The predicted octanol–water partition coefficient (Wildman–Crippen LogP) is 6.17. The summed E-state index contributed by atoms with van der Waals surface area (Å²) in [5.74, 6) is -0.455. The van der Waals surface area contributed by atoms with E-state index in [1.165, 1.54) is 0 Å². The maximum atomic E-state index is 12.4. The molecule has 2 aromatic rings. The first-order chi connectivity index (χ1) is 12.6. The van der Waals surface area contributed by atoms with Crippen molar-refractivity contribution in [1.82, 2.24) is 10.6 Å². The molecule has 0 fully saturated rings. The SMILES string of the molecule is O=C(N[C@H](NC(=S)Nc1cc(Cl)ccc1Cl)C(Cl)(Cl)Cl)c1cccc(Br)c1. The minimum atomic E-state index is -1.88. The number of rotatable bonds is 4. The molecule has 1 atom stereocenters. The molecule has 2 aromatic carbocycles. The van der Waals surface area contributed by atoms with Gasteiger partial charge in [0.05, 0.1) is 10.7 Å². The van der Waals surface area contributed by atoms with E-state index in [2.05, 4.69) is 31.9 Å². The zero-order chi connectivity index (χ0) is 20.2. The lowest BCUT2D eigenvalue weighted by atomic mass is 10.2. The maximum Gasteiger partial charge on any atom is 0.253 e. The first kappa shape index (κ1) is 22.8. The molecule has 0 saturated heterocycles. The smallest absolute Gasteiger partial charge is 0.253 e. The van der Waals surface area contributed by atoms with E-state index in [0.717, 1.165) is 4.47 Å². The molecule has 144 valence electrons. The zero-order valence-corrected chi connectivity index (χ0v) is 19.4. The van der Waals surface area contributed by atoms with Crippen molar-refractivity contribution in [2.45, 2.75) is 9.96 Å². The van der Waals surface area contributed by atoms with Gasteiger partial charge in [0, 0.05) is 15.1 Å². The first-order valence-corrected chi connectivity index (χ1v) is 10.3. The molecule has 0 aliphatic carbocycles. The van der Waals surface area contributed by atoms with E-state index in [-0.39, 0.29) is 5.11 Å². The number of benzene rings is 2. The van der Waals surface area contributed by atoms with Crippen LogP contribution >= 0.6 is 86.2 Å². The van der Waals surface area contributed by atoms with E-state index in [4.69, 9.17) is 70.2 Å². The summed E-state index contributed by atoms with van der Waals surface area (Å²) in [5.41, 5.74) is 0.838. The number of anilines is 1. The van der Waals surface area contributed by atoms with Crippen molar-refractivity contribution in [3.05, 3.63) is 62.5 Å². The van der Waals surface area contributed by atoms with Gasteiger partial charge in [0.15, 0.2) is 5.11 Å². The molecule has 0 aliphatic rings. The fraction of sp³-hybridized carbons (Fsp3) is 0.125. The third-order valence-corrected chi connectivity index (χ3v) is 5.07. The highest BCUT2D eigenvalue weighted by atomic mass is 79.9. The second kappa shape index (κ2) is 9.83. The lowest BCUT2D eigenvalue weighted by molar-refractivity contribution is 0.0934. The van der Waals surface area contributed by atoms with E-state index in [1.54, 1.807) is 42.5 Å². The van der Waals surface area contributed by atoms with Crippen molar-refractivity contribution in [3.63, 3.8) is 0 Å². The predicted molar refractivity (Wildman–Crippen MR) is 122 cm³/mol. The standard InChI is InChI=1S/C16H11BrCl5N3OS/c17-9-3-1-2-8(6-9)13(26)24-14(16(20,21)22)25-15(27)23-12-7-10(18)4-5-11(12)19/h1-7,14H,(H,24,26)(H2,23,25,27)/t14-/m1/s1. The third-order valence-electron chi connectivity index (χ3n) is 3.14. The Kier molecular flexibility index (Phi) is 8.31. The Bertz CT molecular complexity index is 862. The Hall–Kier alpha value is -0.470. The summed E-state index contributed by atoms with van der Waals surface area (Å²) < 4.78 is -1.15. The van der Waals surface area contributed by atoms with Gasteiger partial charge in [0.1, 0.15) is 6.17 Å². The lowest BCUT2D eigenvalue weighted by Gasteiger charge is -2.28. The number of nitrogens with one attached hydrogen (secondary N) is 3. The van der Waals surface area contributed by atoms with Crippen molar-refractivity contribution in [1.29, 1.82) is 0 Å². The highest BCUT2D eigenvalue weighted by Gasteiger charge is 2.35. The van der Waals surface area contributed by atoms with Gasteiger partial charge in [-0.15, -0.1) is 0 Å². The summed E-state index contributed by atoms with van der Waals surface area (Å²) in [6.45, 7) is 0. The Balaban J connectivity index is 2.11. The molecule has 0 radical (unpaired) electrons. The molecule has 0 saturated carbocycles. The number of hydrogen-bond donors (Lipinski definition) is 3. The van der Waals surface area contributed by atoms with Crippen LogP contribution in [0.2, 0.25) is 10.0 Å². The molecule has 3 N–H and O–H groups in total. The van der Waals surface area contributed by atoms with E-state index < -0.39 is 15.9 Å². The summed E-state index contributed by atoms with van der Waals surface area (Å²) in [6, 6.07) is 11.6. The van der Waals surface area contributed by atoms with Crippen LogP contribution < -0.4 is 16.0 Å². The van der Waals surface area contributed by atoms with Gasteiger partial charge in [-0.2, -0.15) is 0 Å². The van der Waals surface area contributed by atoms with E-state index in [1.807, 2.05) is 0 Å². The first-order valence-electron chi connectivity index (χ1n) is 7.22. The quantitative estimate of drug-likeness (QED) is 0.242. The zero-order valence-electron chi connectivity index (χ0n) is 13.2. The third kappa shape index (κ3) is 7.13. The number of alkyl halides is 3. The molecule has 0 bridgehead atoms. The van der Waals surface area contributed by atoms with Crippen LogP contribution in [0.15, 0.2) is 46.9 Å². The van der Waals surface area contributed by atoms with Crippen molar-refractivity contribution >= 4 is 103 Å². The van der Waals surface area contributed by atoms with Gasteiger partial charge < -0.3 is 16.0 Å². The fourth-order valence-corrected chi connectivity index (χ4v) is 3.22. The van der Waals surface area contributed by atoms with Gasteiger partial charge in [-0.3, -0.25) is 4.79 Å². The summed E-state index contributed by atoms with van der Waals surface area (Å²) in [4.78, 5) is 12.4. The van der Waals surface area contributed by atoms with E-state index in [0.29, 0.717) is 21.3 Å². The number of hydrogen-bond acceptors (Lipinski definition) is 2. The molecule has 1 amide bonds. The van der Waals surface area contributed by atoms with Crippen LogP contribution in [0, 0.1) is 0 Å². The molecule has 27 heavy (non-hydrogen) atoms. The summed E-state index contributed by atoms with van der Waals surface area (Å²) in [7, 11) is 0. The number of carbonyl (C=O) groups is 1. The second-order valence-electron chi connectivity index (χ2n) is 5.18. The van der Waals surface area contributed by atoms with Crippen LogP contribution in [0.25, 0.3) is 0 Å². The van der Waals surface area contributed by atoms with Gasteiger partial charge in [0.2, 0.25) is 3.79 Å². The topological polar surface area (TPSA) is 53.2 Å². The minimum Gasteiger partial charge on any atom is -0.339 e. The summed E-state index contributed by atoms with van der Waals surface area (Å²) in [5, 5.41) is 9.11. The summed E-state index contributed by atoms with van der Waals surface area (Å²) >= 11 is 38.5.